The molecule has 22 heavy (non-hydrogen) atoms. The number of esters is 1. The molecule has 0 aliphatic carbocycles. The Hall–Kier alpha value is -2.20. The lowest BCUT2D eigenvalue weighted by atomic mass is 9.99. The number of hydrogen-bond acceptors (Lipinski definition) is 6. The predicted molar refractivity (Wildman–Crippen MR) is 65.7 cm³/mol. The first-order valence-electron chi connectivity index (χ1n) is 5.86. The summed E-state index contributed by atoms with van der Waals surface area (Å²) in [5.74, 6) is -0.854. The highest BCUT2D eigenvalue weighted by atomic mass is 19.4. The van der Waals surface area contributed by atoms with E-state index >= 15 is 0 Å². The van der Waals surface area contributed by atoms with Crippen molar-refractivity contribution in [2.45, 2.75) is 24.8 Å². The van der Waals surface area contributed by atoms with Crippen LogP contribution in [0.4, 0.5) is 18.9 Å². The predicted octanol–water partition coefficient (Wildman–Crippen LogP) is 1.57. The fourth-order valence-corrected chi connectivity index (χ4v) is 1.71. The van der Waals surface area contributed by atoms with Crippen LogP contribution in [0.15, 0.2) is 18.2 Å². The molecular weight excluding hydrogens is 311 g/mol. The molecule has 0 amide bonds. The highest BCUT2D eigenvalue weighted by molar-refractivity contribution is 5.69. The second-order valence-electron chi connectivity index (χ2n) is 4.32. The number of halogens is 3. The van der Waals surface area contributed by atoms with Gasteiger partial charge < -0.3 is 14.9 Å². The molecule has 0 aliphatic heterocycles. The van der Waals surface area contributed by atoms with Crippen LogP contribution in [0, 0.1) is 10.1 Å². The molecule has 2 N–H and O–H groups in total. The van der Waals surface area contributed by atoms with E-state index < -0.39 is 46.9 Å². The first kappa shape index (κ1) is 17.9. The van der Waals surface area contributed by atoms with E-state index in [0.29, 0.717) is 12.1 Å². The average molecular weight is 323 g/mol. The van der Waals surface area contributed by atoms with Crippen LogP contribution in [-0.4, -0.2) is 34.3 Å². The molecule has 0 saturated carbocycles. The number of hydrogen-bond donors (Lipinski definition) is 2. The average Bonchev–Trinajstić information content (AvgIpc) is 2.44. The fourth-order valence-electron chi connectivity index (χ4n) is 1.71. The number of ether oxygens (including phenoxy) is 1. The van der Waals surface area contributed by atoms with Gasteiger partial charge >= 0.3 is 12.1 Å². The molecule has 1 rings (SSSR count). The highest BCUT2D eigenvalue weighted by Crippen LogP contribution is 2.37. The monoisotopic (exact) mass is 323 g/mol. The Morgan fingerprint density at radius 3 is 2.45 bits per heavy atom. The van der Waals surface area contributed by atoms with Crippen molar-refractivity contribution in [1.82, 2.24) is 0 Å². The van der Waals surface area contributed by atoms with Gasteiger partial charge in [0.25, 0.3) is 5.69 Å². The number of nitrogens with zero attached hydrogens (tertiary/aromatic N) is 1. The lowest BCUT2D eigenvalue weighted by Gasteiger charge is -2.18. The summed E-state index contributed by atoms with van der Waals surface area (Å²) in [4.78, 5) is 20.4. The van der Waals surface area contributed by atoms with E-state index in [1.807, 2.05) is 0 Å². The number of carbonyl (C=O) groups excluding carboxylic acids is 1. The summed E-state index contributed by atoms with van der Waals surface area (Å²) in [6.07, 6.45) is -9.01. The Bertz CT molecular complexity index is 574. The van der Waals surface area contributed by atoms with Crippen LogP contribution < -0.4 is 0 Å². The maximum atomic E-state index is 12.6. The molecule has 0 saturated heterocycles. The molecule has 7 nitrogen and oxygen atoms in total. The largest absolute Gasteiger partial charge is 0.469 e. The number of nitro benzene ring substituents is 1. The lowest BCUT2D eigenvalue weighted by molar-refractivity contribution is -0.388. The van der Waals surface area contributed by atoms with Crippen molar-refractivity contribution in [3.05, 3.63) is 39.4 Å². The van der Waals surface area contributed by atoms with Crippen LogP contribution >= 0.6 is 0 Å². The van der Waals surface area contributed by atoms with Crippen molar-refractivity contribution < 1.29 is 37.8 Å². The number of nitro groups is 1. The number of rotatable bonds is 5. The summed E-state index contributed by atoms with van der Waals surface area (Å²) < 4.78 is 42.2. The molecule has 0 aromatic heterocycles. The van der Waals surface area contributed by atoms with Crippen LogP contribution in [0.1, 0.15) is 23.7 Å². The van der Waals surface area contributed by atoms with Crippen LogP contribution in [-0.2, 0) is 15.7 Å². The fraction of sp³-hybridized carbons (Fsp3) is 0.417. The van der Waals surface area contributed by atoms with Gasteiger partial charge in [-0.2, -0.15) is 13.2 Å². The van der Waals surface area contributed by atoms with Crippen LogP contribution in [0.2, 0.25) is 0 Å². The summed E-state index contributed by atoms with van der Waals surface area (Å²) >= 11 is 0. The third kappa shape index (κ3) is 4.15. The number of alkyl halides is 3. The quantitative estimate of drug-likeness (QED) is 0.483. The van der Waals surface area contributed by atoms with E-state index in [1.54, 1.807) is 0 Å². The third-order valence-corrected chi connectivity index (χ3v) is 2.83. The van der Waals surface area contributed by atoms with Gasteiger partial charge in [0, 0.05) is 6.07 Å². The number of methoxy groups -OCH3 is 1. The van der Waals surface area contributed by atoms with Crippen LogP contribution in [0.5, 0.6) is 0 Å². The zero-order valence-corrected chi connectivity index (χ0v) is 11.2. The standard InChI is InChI=1S/C12H12F3NO6/c1-22-10(18)5-9(17)11(19)6-2-3-7(12(13,14)15)8(4-6)16(20)21/h2-4,9,11,17,19H,5H2,1H3. The van der Waals surface area contributed by atoms with E-state index in [2.05, 4.69) is 4.74 Å². The summed E-state index contributed by atoms with van der Waals surface area (Å²) in [6.45, 7) is 0. The number of benzene rings is 1. The van der Waals surface area contributed by atoms with Crippen molar-refractivity contribution in [3.63, 3.8) is 0 Å². The Labute approximate surface area is 122 Å². The zero-order valence-electron chi connectivity index (χ0n) is 11.2. The second kappa shape index (κ2) is 6.71. The Balaban J connectivity index is 3.14. The smallest absolute Gasteiger partial charge is 0.422 e. The van der Waals surface area contributed by atoms with Gasteiger partial charge in [-0.05, 0) is 11.6 Å². The maximum Gasteiger partial charge on any atom is 0.422 e. The molecule has 0 radical (unpaired) electrons. The van der Waals surface area contributed by atoms with Crippen LogP contribution in [0.25, 0.3) is 0 Å². The molecule has 0 bridgehead atoms. The van der Waals surface area contributed by atoms with Crippen molar-refractivity contribution in [3.8, 4) is 0 Å². The third-order valence-electron chi connectivity index (χ3n) is 2.83. The number of aliphatic hydroxyl groups excluding tert-OH is 2. The summed E-state index contributed by atoms with van der Waals surface area (Å²) in [5.41, 5.74) is -3.05. The minimum atomic E-state index is -4.93. The van der Waals surface area contributed by atoms with E-state index in [4.69, 9.17) is 0 Å². The molecule has 10 heteroatoms. The van der Waals surface area contributed by atoms with E-state index in [0.717, 1.165) is 13.2 Å². The zero-order chi connectivity index (χ0) is 17.1. The minimum Gasteiger partial charge on any atom is -0.469 e. The van der Waals surface area contributed by atoms with Gasteiger partial charge in [0.15, 0.2) is 0 Å². The molecule has 2 unspecified atom stereocenters. The van der Waals surface area contributed by atoms with Crippen LogP contribution in [0.3, 0.4) is 0 Å². The number of aliphatic hydroxyl groups is 2. The van der Waals surface area contributed by atoms with Gasteiger partial charge in [0.05, 0.1) is 24.6 Å². The summed E-state index contributed by atoms with van der Waals surface area (Å²) in [6, 6.07) is 1.73. The van der Waals surface area contributed by atoms with Crippen molar-refractivity contribution in [2.24, 2.45) is 0 Å². The van der Waals surface area contributed by atoms with E-state index in [1.165, 1.54) is 0 Å². The van der Waals surface area contributed by atoms with Crippen molar-refractivity contribution in [1.29, 1.82) is 0 Å². The van der Waals surface area contributed by atoms with Gasteiger partial charge in [-0.25, -0.2) is 0 Å². The van der Waals surface area contributed by atoms with Gasteiger partial charge in [-0.1, -0.05) is 6.07 Å². The molecule has 122 valence electrons. The Kier molecular flexibility index (Phi) is 5.44. The SMILES string of the molecule is COC(=O)CC(O)C(O)c1ccc(C(F)(F)F)c([N+](=O)[O-])c1. The molecule has 2 atom stereocenters. The Morgan fingerprint density at radius 2 is 2.00 bits per heavy atom. The second-order valence-corrected chi connectivity index (χ2v) is 4.32. The maximum absolute atomic E-state index is 12.6. The normalized spacial score (nSPS) is 14.3. The molecule has 0 fully saturated rings. The molecule has 0 spiro atoms. The topological polar surface area (TPSA) is 110 Å². The number of carbonyl (C=O) groups is 1. The highest BCUT2D eigenvalue weighted by Gasteiger charge is 2.38. The summed E-state index contributed by atoms with van der Waals surface area (Å²) in [7, 11) is 1.05. The molecular formula is C12H12F3NO6. The van der Waals surface area contributed by atoms with E-state index in [-0.39, 0.29) is 5.56 Å². The van der Waals surface area contributed by atoms with E-state index in [9.17, 15) is 38.3 Å². The molecule has 1 aromatic carbocycles. The minimum absolute atomic E-state index is 0.323. The van der Waals surface area contributed by atoms with Crippen molar-refractivity contribution >= 4 is 11.7 Å². The van der Waals surface area contributed by atoms with Gasteiger partial charge in [-0.15, -0.1) is 0 Å². The van der Waals surface area contributed by atoms with Crippen molar-refractivity contribution in [2.75, 3.05) is 7.11 Å². The van der Waals surface area contributed by atoms with Gasteiger partial charge in [0.1, 0.15) is 11.7 Å². The first-order chi connectivity index (χ1) is 10.1. The molecule has 0 aliphatic rings. The summed E-state index contributed by atoms with van der Waals surface area (Å²) in [5, 5.41) is 30.1. The molecule has 1 aromatic rings. The lowest BCUT2D eigenvalue weighted by Crippen LogP contribution is -2.23. The van der Waals surface area contributed by atoms with Gasteiger partial charge in [0.2, 0.25) is 0 Å². The Morgan fingerprint density at radius 1 is 1.41 bits per heavy atom. The van der Waals surface area contributed by atoms with Gasteiger partial charge in [-0.3, -0.25) is 14.9 Å². The molecule has 0 heterocycles. The first-order valence-corrected chi connectivity index (χ1v) is 5.86.